The predicted molar refractivity (Wildman–Crippen MR) is 72.4 cm³/mol. The Bertz CT molecular complexity index is 659. The van der Waals surface area contributed by atoms with Gasteiger partial charge < -0.3 is 5.32 Å². The molecule has 98 valence electrons. The molecule has 0 saturated carbocycles. The van der Waals surface area contributed by atoms with E-state index in [1.54, 1.807) is 11.3 Å². The first-order valence-corrected chi connectivity index (χ1v) is 8.19. The summed E-state index contributed by atoms with van der Waals surface area (Å²) in [5.41, 5.74) is 0.949. The molecule has 9 heteroatoms. The molecule has 0 unspecified atom stereocenters. The van der Waals surface area contributed by atoms with Crippen molar-refractivity contribution in [3.63, 3.8) is 0 Å². The van der Waals surface area contributed by atoms with Gasteiger partial charge >= 0.3 is 0 Å². The fourth-order valence-corrected chi connectivity index (χ4v) is 3.65. The zero-order chi connectivity index (χ0) is 13.3. The second-order valence-corrected chi connectivity index (χ2v) is 7.85. The molecule has 0 aliphatic heterocycles. The molecule has 2 rings (SSSR count). The molecule has 2 aromatic rings. The lowest BCUT2D eigenvalue weighted by molar-refractivity contribution is 0.599. The van der Waals surface area contributed by atoms with E-state index in [1.807, 2.05) is 13.8 Å². The molecular weight excluding hydrogens is 292 g/mol. The summed E-state index contributed by atoms with van der Waals surface area (Å²) in [4.78, 5) is 9.47. The van der Waals surface area contributed by atoms with Crippen LogP contribution in [0.25, 0.3) is 0 Å². The van der Waals surface area contributed by atoms with Crippen LogP contribution in [0, 0.1) is 13.8 Å². The molecule has 0 atom stereocenters. The van der Waals surface area contributed by atoms with Crippen molar-refractivity contribution < 1.29 is 8.42 Å². The second-order valence-electron chi connectivity index (χ2n) is 3.62. The smallest absolute Gasteiger partial charge is 0.249 e. The minimum Gasteiger partial charge on any atom is -0.356 e. The van der Waals surface area contributed by atoms with Crippen molar-refractivity contribution in [2.75, 3.05) is 5.32 Å². The zero-order valence-corrected chi connectivity index (χ0v) is 12.2. The van der Waals surface area contributed by atoms with Crippen molar-refractivity contribution in [3.05, 3.63) is 21.8 Å². The number of aryl methyl sites for hydroxylation is 2. The van der Waals surface area contributed by atoms with Crippen LogP contribution in [-0.4, -0.2) is 18.4 Å². The lowest BCUT2D eigenvalue weighted by atomic mass is 10.4. The van der Waals surface area contributed by atoms with Gasteiger partial charge in [0.2, 0.25) is 10.0 Å². The van der Waals surface area contributed by atoms with Crippen LogP contribution in [0.15, 0.2) is 10.4 Å². The van der Waals surface area contributed by atoms with Crippen molar-refractivity contribution in [1.82, 2.24) is 9.97 Å². The maximum atomic E-state index is 11.1. The number of primary sulfonamides is 1. The molecule has 0 saturated heterocycles. The molecule has 0 aromatic carbocycles. The van der Waals surface area contributed by atoms with Crippen molar-refractivity contribution in [2.45, 2.75) is 24.6 Å². The molecule has 2 heterocycles. The summed E-state index contributed by atoms with van der Waals surface area (Å²) >= 11 is 2.64. The summed E-state index contributed by atoms with van der Waals surface area (Å²) in [5.74, 6) is 0. The summed E-state index contributed by atoms with van der Waals surface area (Å²) in [6.07, 6.45) is 1.25. The largest absolute Gasteiger partial charge is 0.356 e. The highest BCUT2D eigenvalue weighted by molar-refractivity contribution is 7.91. The van der Waals surface area contributed by atoms with Crippen LogP contribution in [-0.2, 0) is 16.6 Å². The van der Waals surface area contributed by atoms with E-state index in [-0.39, 0.29) is 4.21 Å². The first kappa shape index (κ1) is 13.4. The Hall–Kier alpha value is -1.03. The maximum absolute atomic E-state index is 11.1. The number of hydrogen-bond donors (Lipinski definition) is 2. The summed E-state index contributed by atoms with van der Waals surface area (Å²) < 4.78 is 22.2. The van der Waals surface area contributed by atoms with Gasteiger partial charge in [-0.3, -0.25) is 0 Å². The molecule has 0 radical (unpaired) electrons. The van der Waals surface area contributed by atoms with E-state index in [4.69, 9.17) is 5.14 Å². The minimum absolute atomic E-state index is 0.0520. The van der Waals surface area contributed by atoms with Crippen LogP contribution in [0.2, 0.25) is 0 Å². The van der Waals surface area contributed by atoms with Crippen LogP contribution in [0.1, 0.15) is 15.6 Å². The van der Waals surface area contributed by atoms with E-state index in [9.17, 15) is 8.42 Å². The Kier molecular flexibility index (Phi) is 3.66. The molecule has 0 fully saturated rings. The number of rotatable bonds is 4. The van der Waals surface area contributed by atoms with Gasteiger partial charge in [-0.25, -0.2) is 23.5 Å². The van der Waals surface area contributed by atoms with Crippen LogP contribution < -0.4 is 10.5 Å². The van der Waals surface area contributed by atoms with Gasteiger partial charge in [0.15, 0.2) is 9.34 Å². The van der Waals surface area contributed by atoms with Gasteiger partial charge in [0.1, 0.15) is 0 Å². The third-order valence-electron chi connectivity index (χ3n) is 2.17. The molecule has 3 N–H and O–H groups in total. The van der Waals surface area contributed by atoms with E-state index in [0.29, 0.717) is 11.7 Å². The Morgan fingerprint density at radius 3 is 2.61 bits per heavy atom. The molecule has 6 nitrogen and oxygen atoms in total. The number of hydrogen-bond acceptors (Lipinski definition) is 7. The van der Waals surface area contributed by atoms with Gasteiger partial charge in [-0.2, -0.15) is 0 Å². The van der Waals surface area contributed by atoms with Crippen molar-refractivity contribution in [2.24, 2.45) is 5.14 Å². The normalized spacial score (nSPS) is 11.7. The zero-order valence-electron chi connectivity index (χ0n) is 9.80. The van der Waals surface area contributed by atoms with Crippen LogP contribution in [0.3, 0.4) is 0 Å². The highest BCUT2D eigenvalue weighted by Gasteiger charge is 2.13. The highest BCUT2D eigenvalue weighted by Crippen LogP contribution is 2.23. The number of nitrogens with one attached hydrogen (secondary N) is 1. The topological polar surface area (TPSA) is 98.0 Å². The number of thiazole rings is 2. The summed E-state index contributed by atoms with van der Waals surface area (Å²) in [6, 6.07) is 0. The summed E-state index contributed by atoms with van der Waals surface area (Å²) in [6.45, 7) is 4.47. The Morgan fingerprint density at radius 1 is 1.39 bits per heavy atom. The van der Waals surface area contributed by atoms with Crippen molar-refractivity contribution in [1.29, 1.82) is 0 Å². The van der Waals surface area contributed by atoms with Crippen LogP contribution >= 0.6 is 22.7 Å². The number of sulfonamides is 1. The van der Waals surface area contributed by atoms with E-state index in [1.165, 1.54) is 6.20 Å². The standard InChI is InChI=1S/C9H12N4O2S3/c1-5-7(13-6(2)16-5)3-11-9-12-4-8(17-9)18(10,14)15/h4H,3H2,1-2H3,(H,11,12)(H2,10,14,15). The third-order valence-corrected chi connectivity index (χ3v) is 5.46. The monoisotopic (exact) mass is 304 g/mol. The molecule has 0 amide bonds. The maximum Gasteiger partial charge on any atom is 0.249 e. The first-order chi connectivity index (χ1) is 8.36. The Labute approximate surface area is 113 Å². The van der Waals surface area contributed by atoms with Gasteiger partial charge in [0, 0.05) is 4.88 Å². The molecule has 0 spiro atoms. The second kappa shape index (κ2) is 4.92. The average Bonchev–Trinajstić information content (AvgIpc) is 2.81. The molecule has 2 aromatic heterocycles. The van der Waals surface area contributed by atoms with E-state index in [2.05, 4.69) is 15.3 Å². The van der Waals surface area contributed by atoms with Crippen molar-refractivity contribution >= 4 is 37.8 Å². The van der Waals surface area contributed by atoms with E-state index in [0.717, 1.165) is 26.9 Å². The molecule has 0 bridgehead atoms. The molecule has 0 aliphatic rings. The highest BCUT2D eigenvalue weighted by atomic mass is 32.2. The van der Waals surface area contributed by atoms with E-state index >= 15 is 0 Å². The number of anilines is 1. The third kappa shape index (κ3) is 3.05. The van der Waals surface area contributed by atoms with Gasteiger partial charge in [0.05, 0.1) is 23.4 Å². The fourth-order valence-electron chi connectivity index (χ4n) is 1.37. The number of aromatic nitrogens is 2. The molecule has 18 heavy (non-hydrogen) atoms. The lowest BCUT2D eigenvalue weighted by Crippen LogP contribution is -2.09. The fraction of sp³-hybridized carbons (Fsp3) is 0.333. The first-order valence-electron chi connectivity index (χ1n) is 5.01. The molecule has 0 aliphatic carbocycles. The minimum atomic E-state index is -3.67. The number of nitrogens with two attached hydrogens (primary N) is 1. The Balaban J connectivity index is 2.07. The van der Waals surface area contributed by atoms with Gasteiger partial charge in [-0.15, -0.1) is 11.3 Å². The molecular formula is C9H12N4O2S3. The Morgan fingerprint density at radius 2 is 2.11 bits per heavy atom. The van der Waals surface area contributed by atoms with Gasteiger partial charge in [-0.1, -0.05) is 11.3 Å². The average molecular weight is 304 g/mol. The van der Waals surface area contributed by atoms with Crippen molar-refractivity contribution in [3.8, 4) is 0 Å². The SMILES string of the molecule is Cc1nc(CNc2ncc(S(N)(=O)=O)s2)c(C)s1. The van der Waals surface area contributed by atoms with E-state index < -0.39 is 10.0 Å². The van der Waals surface area contributed by atoms with Crippen LogP contribution in [0.4, 0.5) is 5.13 Å². The summed E-state index contributed by atoms with van der Waals surface area (Å²) in [5, 5.41) is 9.57. The van der Waals surface area contributed by atoms with Gasteiger partial charge in [-0.05, 0) is 13.8 Å². The quantitative estimate of drug-likeness (QED) is 0.891. The number of nitrogens with zero attached hydrogens (tertiary/aromatic N) is 2. The predicted octanol–water partition coefficient (Wildman–Crippen LogP) is 1.48. The lowest BCUT2D eigenvalue weighted by Gasteiger charge is -1.99. The van der Waals surface area contributed by atoms with Gasteiger partial charge in [0.25, 0.3) is 0 Å². The van der Waals surface area contributed by atoms with Crippen LogP contribution in [0.5, 0.6) is 0 Å². The summed E-state index contributed by atoms with van der Waals surface area (Å²) in [7, 11) is -3.67.